The molecule has 118 valence electrons. The Morgan fingerprint density at radius 3 is 2.57 bits per heavy atom. The van der Waals surface area contributed by atoms with Crippen molar-refractivity contribution in [1.29, 1.82) is 0 Å². The first-order valence-electron chi connectivity index (χ1n) is 6.16. The van der Waals surface area contributed by atoms with Crippen molar-refractivity contribution in [3.05, 3.63) is 29.6 Å². The molecule has 2 rings (SSSR count). The Morgan fingerprint density at radius 2 is 2.00 bits per heavy atom. The first kappa shape index (κ1) is 16.3. The zero-order chi connectivity index (χ0) is 15.8. The van der Waals surface area contributed by atoms with Gasteiger partial charge in [-0.1, -0.05) is 0 Å². The smallest absolute Gasteiger partial charge is 0.241 e. The van der Waals surface area contributed by atoms with Crippen LogP contribution in [0.1, 0.15) is 5.56 Å². The molecule has 0 amide bonds. The molecular weight excluding hydrogens is 321 g/mol. The molecule has 6 nitrogen and oxygen atoms in total. The molecule has 1 fully saturated rings. The van der Waals surface area contributed by atoms with Crippen LogP contribution >= 0.6 is 0 Å². The molecule has 0 aromatic heterocycles. The normalized spacial score (nSPS) is 25.1. The van der Waals surface area contributed by atoms with E-state index in [9.17, 15) is 21.2 Å². The van der Waals surface area contributed by atoms with Gasteiger partial charge in [0.25, 0.3) is 0 Å². The van der Waals surface area contributed by atoms with Crippen LogP contribution < -0.4 is 4.72 Å². The Kier molecular flexibility index (Phi) is 4.39. The first-order chi connectivity index (χ1) is 9.64. The van der Waals surface area contributed by atoms with Crippen molar-refractivity contribution >= 4 is 19.9 Å². The average Bonchev–Trinajstić information content (AvgIpc) is 2.62. The predicted molar refractivity (Wildman–Crippen MR) is 74.7 cm³/mol. The summed E-state index contributed by atoms with van der Waals surface area (Å²) in [5.74, 6) is -1.07. The summed E-state index contributed by atoms with van der Waals surface area (Å²) < 4.78 is 68.2. The molecule has 2 atom stereocenters. The highest BCUT2D eigenvalue weighted by Gasteiger charge is 2.40. The number of methoxy groups -OCH3 is 1. The van der Waals surface area contributed by atoms with Gasteiger partial charge >= 0.3 is 0 Å². The van der Waals surface area contributed by atoms with Crippen molar-refractivity contribution < 1.29 is 26.0 Å². The SMILES string of the molecule is CO[C@@H]1CS(=O)(=O)C[C@H]1NS(=O)(=O)c1ccc(F)cc1C. The lowest BCUT2D eigenvalue weighted by Gasteiger charge is -2.18. The number of hydrogen-bond acceptors (Lipinski definition) is 5. The van der Waals surface area contributed by atoms with Crippen LogP contribution in [0.15, 0.2) is 23.1 Å². The van der Waals surface area contributed by atoms with Crippen molar-refractivity contribution in [2.24, 2.45) is 0 Å². The van der Waals surface area contributed by atoms with Gasteiger partial charge in [0.15, 0.2) is 9.84 Å². The fourth-order valence-electron chi connectivity index (χ4n) is 2.33. The molecule has 1 aliphatic rings. The monoisotopic (exact) mass is 337 g/mol. The fourth-order valence-corrected chi connectivity index (χ4v) is 5.78. The molecule has 0 saturated carbocycles. The summed E-state index contributed by atoms with van der Waals surface area (Å²) >= 11 is 0. The maximum atomic E-state index is 13.0. The molecule has 1 saturated heterocycles. The van der Waals surface area contributed by atoms with Crippen molar-refractivity contribution in [1.82, 2.24) is 4.72 Å². The van der Waals surface area contributed by atoms with Crippen molar-refractivity contribution in [2.45, 2.75) is 24.0 Å². The van der Waals surface area contributed by atoms with Gasteiger partial charge < -0.3 is 4.74 Å². The molecular formula is C12H16FNO5S2. The predicted octanol–water partition coefficient (Wildman–Crippen LogP) is 0.224. The van der Waals surface area contributed by atoms with Gasteiger partial charge in [0.1, 0.15) is 5.82 Å². The average molecular weight is 337 g/mol. The van der Waals surface area contributed by atoms with Gasteiger partial charge in [0.2, 0.25) is 10.0 Å². The maximum Gasteiger partial charge on any atom is 0.241 e. The minimum absolute atomic E-state index is 0.0805. The van der Waals surface area contributed by atoms with Crippen molar-refractivity contribution in [2.75, 3.05) is 18.6 Å². The maximum absolute atomic E-state index is 13.0. The van der Waals surface area contributed by atoms with Gasteiger partial charge in [0, 0.05) is 7.11 Å². The van der Waals surface area contributed by atoms with E-state index in [2.05, 4.69) is 4.72 Å². The molecule has 0 radical (unpaired) electrons. The van der Waals surface area contributed by atoms with Crippen LogP contribution in [-0.2, 0) is 24.6 Å². The van der Waals surface area contributed by atoms with E-state index in [-0.39, 0.29) is 22.0 Å². The molecule has 1 aliphatic heterocycles. The van der Waals surface area contributed by atoms with Gasteiger partial charge in [-0.05, 0) is 30.7 Å². The number of aryl methyl sites for hydroxylation is 1. The van der Waals surface area contributed by atoms with E-state index in [0.29, 0.717) is 0 Å². The third-order valence-electron chi connectivity index (χ3n) is 3.34. The van der Waals surface area contributed by atoms with E-state index < -0.39 is 37.8 Å². The van der Waals surface area contributed by atoms with Crippen LogP contribution in [0, 0.1) is 12.7 Å². The van der Waals surface area contributed by atoms with Crippen LogP contribution in [0.2, 0.25) is 0 Å². The highest BCUT2D eigenvalue weighted by atomic mass is 32.2. The molecule has 0 aliphatic carbocycles. The van der Waals surface area contributed by atoms with Crippen LogP contribution in [0.5, 0.6) is 0 Å². The third kappa shape index (κ3) is 3.60. The lowest BCUT2D eigenvalue weighted by atomic mass is 10.2. The lowest BCUT2D eigenvalue weighted by Crippen LogP contribution is -2.43. The van der Waals surface area contributed by atoms with Crippen LogP contribution in [0.25, 0.3) is 0 Å². The second-order valence-corrected chi connectivity index (χ2v) is 8.82. The highest BCUT2D eigenvalue weighted by molar-refractivity contribution is 7.92. The summed E-state index contributed by atoms with van der Waals surface area (Å²) in [4.78, 5) is -0.0805. The summed E-state index contributed by atoms with van der Waals surface area (Å²) in [5, 5.41) is 0. The van der Waals surface area contributed by atoms with Gasteiger partial charge in [-0.2, -0.15) is 0 Å². The molecule has 0 spiro atoms. The molecule has 1 aromatic rings. The second kappa shape index (κ2) is 5.64. The van der Waals surface area contributed by atoms with E-state index in [1.165, 1.54) is 14.0 Å². The Hall–Kier alpha value is -1.03. The van der Waals surface area contributed by atoms with E-state index in [0.717, 1.165) is 18.2 Å². The molecule has 21 heavy (non-hydrogen) atoms. The van der Waals surface area contributed by atoms with E-state index in [1.54, 1.807) is 0 Å². The van der Waals surface area contributed by atoms with Crippen molar-refractivity contribution in [3.8, 4) is 0 Å². The second-order valence-electron chi connectivity index (χ2n) is 4.99. The van der Waals surface area contributed by atoms with Crippen LogP contribution in [-0.4, -0.2) is 47.6 Å². The van der Waals surface area contributed by atoms with E-state index >= 15 is 0 Å². The fraction of sp³-hybridized carbons (Fsp3) is 0.500. The number of sulfone groups is 1. The highest BCUT2D eigenvalue weighted by Crippen LogP contribution is 2.20. The van der Waals surface area contributed by atoms with E-state index in [1.807, 2.05) is 0 Å². The van der Waals surface area contributed by atoms with Gasteiger partial charge in [-0.25, -0.2) is 25.9 Å². The van der Waals surface area contributed by atoms with Crippen molar-refractivity contribution in [3.63, 3.8) is 0 Å². The van der Waals surface area contributed by atoms with Crippen LogP contribution in [0.3, 0.4) is 0 Å². The molecule has 1 N–H and O–H groups in total. The number of halogens is 1. The molecule has 0 bridgehead atoms. The largest absolute Gasteiger partial charge is 0.379 e. The van der Waals surface area contributed by atoms with Gasteiger partial charge in [-0.15, -0.1) is 0 Å². The lowest BCUT2D eigenvalue weighted by molar-refractivity contribution is 0.106. The minimum atomic E-state index is -3.95. The number of benzene rings is 1. The summed E-state index contributed by atoms with van der Waals surface area (Å²) in [6.07, 6.45) is -0.731. The Labute approximate surface area is 123 Å². The summed E-state index contributed by atoms with van der Waals surface area (Å²) in [7, 11) is -5.96. The van der Waals surface area contributed by atoms with Gasteiger partial charge in [-0.3, -0.25) is 0 Å². The van der Waals surface area contributed by atoms with Crippen LogP contribution in [0.4, 0.5) is 4.39 Å². The zero-order valence-corrected chi connectivity index (χ0v) is 13.2. The third-order valence-corrected chi connectivity index (χ3v) is 6.69. The molecule has 1 aromatic carbocycles. The molecule has 1 heterocycles. The topological polar surface area (TPSA) is 89.5 Å². The number of rotatable bonds is 4. The number of nitrogens with one attached hydrogen (secondary N) is 1. The summed E-state index contributed by atoms with van der Waals surface area (Å²) in [6.45, 7) is 1.47. The molecule has 9 heteroatoms. The number of sulfonamides is 1. The Bertz CT molecular complexity index is 745. The summed E-state index contributed by atoms with van der Waals surface area (Å²) in [6, 6.07) is 2.45. The first-order valence-corrected chi connectivity index (χ1v) is 9.47. The zero-order valence-electron chi connectivity index (χ0n) is 11.5. The molecule has 0 unspecified atom stereocenters. The Morgan fingerprint density at radius 1 is 1.33 bits per heavy atom. The standard InChI is InChI=1S/C12H16FNO5S2/c1-8-5-9(13)3-4-12(8)21(17,18)14-10-6-20(15,16)7-11(10)19-2/h3-5,10-11,14H,6-7H2,1-2H3/t10-,11-/m1/s1. The summed E-state index contributed by atoms with van der Waals surface area (Å²) in [5.41, 5.74) is 0.248. The Balaban J connectivity index is 2.29. The number of ether oxygens (including phenoxy) is 1. The minimum Gasteiger partial charge on any atom is -0.379 e. The quantitative estimate of drug-likeness (QED) is 0.849. The van der Waals surface area contributed by atoms with Gasteiger partial charge in [0.05, 0.1) is 28.5 Å². The van der Waals surface area contributed by atoms with E-state index in [4.69, 9.17) is 4.74 Å². The number of hydrogen-bond donors (Lipinski definition) is 1.